The average molecular weight is 431 g/mol. The number of hydrogen-bond acceptors (Lipinski definition) is 5. The molecule has 0 bridgehead atoms. The third-order valence-corrected chi connectivity index (χ3v) is 4.63. The van der Waals surface area contributed by atoms with E-state index in [4.69, 9.17) is 5.73 Å². The molecule has 2 aromatic rings. The standard InChI is InChI=1S/C18H15F6N5O/c19-8-17(18(23,24)4-3-14(25)29-17)10-5-9(1-2-11(10)20)28-16(30)13-7-26-12(6-27-13)15(21)22/h1-2,5-7,15H,3-4,8H2,(H2,25,29)(H,28,30)/t17-/m1/s1. The zero-order valence-corrected chi connectivity index (χ0v) is 15.2. The van der Waals surface area contributed by atoms with Crippen LogP contribution in [0.25, 0.3) is 0 Å². The molecule has 0 aliphatic carbocycles. The Hall–Kier alpha value is -3.18. The van der Waals surface area contributed by atoms with Crippen LogP contribution >= 0.6 is 0 Å². The van der Waals surface area contributed by atoms with Crippen molar-refractivity contribution in [2.45, 2.75) is 30.7 Å². The third kappa shape index (κ3) is 3.81. The number of aromatic nitrogens is 2. The molecule has 0 fully saturated rings. The maximum atomic E-state index is 14.6. The van der Waals surface area contributed by atoms with Crippen LogP contribution in [0.5, 0.6) is 0 Å². The molecular weight excluding hydrogens is 416 g/mol. The Bertz CT molecular complexity index is 982. The number of nitrogens with one attached hydrogen (secondary N) is 1. The molecule has 0 saturated carbocycles. The van der Waals surface area contributed by atoms with Crippen LogP contribution in [0.2, 0.25) is 0 Å². The maximum Gasteiger partial charge on any atom is 0.281 e. The molecule has 1 aliphatic heterocycles. The topological polar surface area (TPSA) is 93.3 Å². The molecule has 1 aliphatic rings. The van der Waals surface area contributed by atoms with E-state index in [1.54, 1.807) is 0 Å². The van der Waals surface area contributed by atoms with Crippen molar-refractivity contribution < 1.29 is 31.1 Å². The molecule has 1 amide bonds. The number of amides is 1. The van der Waals surface area contributed by atoms with E-state index in [0.717, 1.165) is 24.4 Å². The minimum absolute atomic E-state index is 0.167. The highest BCUT2D eigenvalue weighted by molar-refractivity contribution is 6.02. The van der Waals surface area contributed by atoms with Crippen molar-refractivity contribution in [2.24, 2.45) is 10.7 Å². The van der Waals surface area contributed by atoms with Gasteiger partial charge in [0.1, 0.15) is 23.9 Å². The van der Waals surface area contributed by atoms with Gasteiger partial charge >= 0.3 is 0 Å². The van der Waals surface area contributed by atoms with Gasteiger partial charge in [-0.15, -0.1) is 0 Å². The molecule has 0 radical (unpaired) electrons. The summed E-state index contributed by atoms with van der Waals surface area (Å²) in [5.41, 5.74) is 0.691. The molecule has 0 saturated heterocycles. The summed E-state index contributed by atoms with van der Waals surface area (Å²) in [6, 6.07) is 2.64. The quantitative estimate of drug-likeness (QED) is 0.706. The number of nitrogens with zero attached hydrogens (tertiary/aromatic N) is 3. The lowest BCUT2D eigenvalue weighted by molar-refractivity contribution is -0.0959. The van der Waals surface area contributed by atoms with Gasteiger partial charge in [0.2, 0.25) is 0 Å². The highest BCUT2D eigenvalue weighted by atomic mass is 19.3. The zero-order valence-electron chi connectivity index (χ0n) is 15.2. The van der Waals surface area contributed by atoms with Gasteiger partial charge in [-0.3, -0.25) is 14.8 Å². The maximum absolute atomic E-state index is 14.6. The second kappa shape index (κ2) is 7.92. The average Bonchev–Trinajstić information content (AvgIpc) is 2.71. The van der Waals surface area contributed by atoms with Crippen LogP contribution in [0.4, 0.5) is 32.0 Å². The van der Waals surface area contributed by atoms with Gasteiger partial charge in [0.05, 0.1) is 18.2 Å². The van der Waals surface area contributed by atoms with Crippen molar-refractivity contribution in [3.05, 3.63) is 53.4 Å². The summed E-state index contributed by atoms with van der Waals surface area (Å²) in [5.74, 6) is -6.06. The van der Waals surface area contributed by atoms with Crippen LogP contribution < -0.4 is 11.1 Å². The van der Waals surface area contributed by atoms with Gasteiger partial charge < -0.3 is 11.1 Å². The van der Waals surface area contributed by atoms with E-state index in [0.29, 0.717) is 6.20 Å². The van der Waals surface area contributed by atoms with E-state index in [1.165, 1.54) is 0 Å². The van der Waals surface area contributed by atoms with E-state index >= 15 is 0 Å². The monoisotopic (exact) mass is 431 g/mol. The van der Waals surface area contributed by atoms with E-state index in [1.807, 2.05) is 0 Å². The zero-order chi connectivity index (χ0) is 22.1. The van der Waals surface area contributed by atoms with Crippen LogP contribution in [0.15, 0.2) is 35.6 Å². The molecule has 6 nitrogen and oxygen atoms in total. The molecule has 30 heavy (non-hydrogen) atoms. The summed E-state index contributed by atoms with van der Waals surface area (Å²) < 4.78 is 82.5. The smallest absolute Gasteiger partial charge is 0.281 e. The van der Waals surface area contributed by atoms with Gasteiger partial charge in [-0.05, 0) is 18.2 Å². The molecule has 3 N–H and O–H groups in total. The number of hydrogen-bond donors (Lipinski definition) is 2. The number of aliphatic imine (C=N–C) groups is 1. The predicted molar refractivity (Wildman–Crippen MR) is 94.8 cm³/mol. The molecule has 3 rings (SSSR count). The number of carbonyl (C=O) groups excluding carboxylic acids is 1. The minimum Gasteiger partial charge on any atom is -0.387 e. The molecule has 160 valence electrons. The Morgan fingerprint density at radius 1 is 1.23 bits per heavy atom. The van der Waals surface area contributed by atoms with Crippen molar-refractivity contribution >= 4 is 17.4 Å². The van der Waals surface area contributed by atoms with Crippen LogP contribution in [0.3, 0.4) is 0 Å². The second-order valence-corrected chi connectivity index (χ2v) is 6.58. The third-order valence-electron chi connectivity index (χ3n) is 4.63. The van der Waals surface area contributed by atoms with Gasteiger partial charge in [0.25, 0.3) is 18.3 Å². The number of benzene rings is 1. The predicted octanol–water partition coefficient (Wildman–Crippen LogP) is 3.76. The Morgan fingerprint density at radius 3 is 2.57 bits per heavy atom. The fourth-order valence-corrected chi connectivity index (χ4v) is 3.01. The number of anilines is 1. The number of carbonyl (C=O) groups is 1. The van der Waals surface area contributed by atoms with Gasteiger partial charge in [-0.2, -0.15) is 0 Å². The summed E-state index contributed by atoms with van der Waals surface area (Å²) in [6.45, 7) is -1.73. The van der Waals surface area contributed by atoms with Crippen LogP contribution in [-0.2, 0) is 5.54 Å². The van der Waals surface area contributed by atoms with Gasteiger partial charge in [0, 0.05) is 24.1 Å². The number of alkyl halides is 5. The summed E-state index contributed by atoms with van der Waals surface area (Å²) in [6.07, 6.45) is -2.48. The molecule has 1 aromatic carbocycles. The lowest BCUT2D eigenvalue weighted by atomic mass is 9.80. The van der Waals surface area contributed by atoms with Crippen LogP contribution in [-0.4, -0.2) is 34.3 Å². The van der Waals surface area contributed by atoms with Crippen molar-refractivity contribution in [3.63, 3.8) is 0 Å². The lowest BCUT2D eigenvalue weighted by Gasteiger charge is -2.39. The van der Waals surface area contributed by atoms with E-state index in [2.05, 4.69) is 20.3 Å². The van der Waals surface area contributed by atoms with Crippen molar-refractivity contribution in [3.8, 4) is 0 Å². The summed E-state index contributed by atoms with van der Waals surface area (Å²) >= 11 is 0. The van der Waals surface area contributed by atoms with Gasteiger partial charge in [0.15, 0.2) is 5.54 Å². The Kier molecular flexibility index (Phi) is 5.68. The van der Waals surface area contributed by atoms with Crippen molar-refractivity contribution in [1.82, 2.24) is 9.97 Å². The largest absolute Gasteiger partial charge is 0.387 e. The van der Waals surface area contributed by atoms with Gasteiger partial charge in [-0.25, -0.2) is 31.3 Å². The number of halogens is 6. The first-order chi connectivity index (χ1) is 14.1. The molecule has 0 unspecified atom stereocenters. The molecular formula is C18H15F6N5O. The molecule has 0 spiro atoms. The first-order valence-corrected chi connectivity index (χ1v) is 8.59. The van der Waals surface area contributed by atoms with Crippen LogP contribution in [0, 0.1) is 5.82 Å². The highest BCUT2D eigenvalue weighted by Crippen LogP contribution is 2.48. The summed E-state index contributed by atoms with van der Waals surface area (Å²) in [4.78, 5) is 22.7. The number of rotatable bonds is 5. The first-order valence-electron chi connectivity index (χ1n) is 8.59. The molecule has 1 aromatic heterocycles. The van der Waals surface area contributed by atoms with Crippen LogP contribution in [0.1, 0.15) is 41.0 Å². The second-order valence-electron chi connectivity index (χ2n) is 6.58. The SMILES string of the molecule is NC1=N[C@](CF)(c2cc(NC(=O)c3cnc(C(F)F)cn3)ccc2F)C(F)(F)CC1. The molecule has 2 heterocycles. The number of amidine groups is 1. The number of nitrogens with two attached hydrogens (primary N) is 1. The van der Waals surface area contributed by atoms with E-state index < -0.39 is 54.0 Å². The van der Waals surface area contributed by atoms with Crippen molar-refractivity contribution in [2.75, 3.05) is 12.0 Å². The lowest BCUT2D eigenvalue weighted by Crippen LogP contribution is -2.51. The van der Waals surface area contributed by atoms with E-state index in [9.17, 15) is 31.1 Å². The highest BCUT2D eigenvalue weighted by Gasteiger charge is 2.58. The summed E-state index contributed by atoms with van der Waals surface area (Å²) in [5, 5.41) is 2.25. The summed E-state index contributed by atoms with van der Waals surface area (Å²) in [7, 11) is 0. The van der Waals surface area contributed by atoms with Crippen molar-refractivity contribution in [1.29, 1.82) is 0 Å². The minimum atomic E-state index is -3.73. The Balaban J connectivity index is 1.95. The molecule has 12 heteroatoms. The molecule has 1 atom stereocenters. The fourth-order valence-electron chi connectivity index (χ4n) is 3.01. The fraction of sp³-hybridized carbons (Fsp3) is 0.333. The van der Waals surface area contributed by atoms with Gasteiger partial charge in [-0.1, -0.05) is 0 Å². The normalized spacial score (nSPS) is 20.7. The Labute approximate surface area is 166 Å². The van der Waals surface area contributed by atoms with E-state index in [-0.39, 0.29) is 23.6 Å². The Morgan fingerprint density at radius 2 is 1.97 bits per heavy atom. The first kappa shape index (κ1) is 21.5.